The second-order valence-corrected chi connectivity index (χ2v) is 8.42. The van der Waals surface area contributed by atoms with Crippen LogP contribution in [0, 0.1) is 11.3 Å². The fourth-order valence-electron chi connectivity index (χ4n) is 4.85. The zero-order valence-electron chi connectivity index (χ0n) is 17.1. The number of benzene rings is 1. The summed E-state index contributed by atoms with van der Waals surface area (Å²) in [6.07, 6.45) is 1.21. The number of carbonyl (C=O) groups excluding carboxylic acids is 1. The Labute approximate surface area is 170 Å². The van der Waals surface area contributed by atoms with Crippen LogP contribution in [0.15, 0.2) is 18.2 Å². The van der Waals surface area contributed by atoms with Crippen LogP contribution in [-0.2, 0) is 17.6 Å². The molecule has 2 aromatic rings. The molecule has 1 aromatic heterocycles. The van der Waals surface area contributed by atoms with Crippen LogP contribution in [0.25, 0.3) is 10.9 Å². The summed E-state index contributed by atoms with van der Waals surface area (Å²) in [5, 5.41) is 27.2. The van der Waals surface area contributed by atoms with Crippen molar-refractivity contribution in [1.29, 1.82) is 5.26 Å². The Morgan fingerprint density at radius 2 is 2.17 bits per heavy atom. The normalized spacial score (nSPS) is 24.5. The van der Waals surface area contributed by atoms with Gasteiger partial charge in [0.25, 0.3) is 0 Å². The fourth-order valence-corrected chi connectivity index (χ4v) is 4.85. The number of nitrogens with one attached hydrogen (secondary N) is 2. The number of alkyl carbamates (subject to hydrolysis) is 1. The van der Waals surface area contributed by atoms with E-state index in [0.29, 0.717) is 18.4 Å². The number of aliphatic hydroxyl groups is 1. The predicted molar refractivity (Wildman–Crippen MR) is 110 cm³/mol. The topological polar surface area (TPSA) is 99.3 Å². The lowest BCUT2D eigenvalue weighted by Crippen LogP contribution is -2.39. The first kappa shape index (κ1) is 19.7. The predicted octanol–water partition coefficient (Wildman–Crippen LogP) is 2.40. The first-order valence-corrected chi connectivity index (χ1v) is 10.3. The van der Waals surface area contributed by atoms with E-state index in [9.17, 15) is 15.2 Å². The molecule has 0 spiro atoms. The van der Waals surface area contributed by atoms with Crippen molar-refractivity contribution < 1.29 is 14.6 Å². The monoisotopic (exact) mass is 396 g/mol. The van der Waals surface area contributed by atoms with Gasteiger partial charge in [-0.15, -0.1) is 0 Å². The van der Waals surface area contributed by atoms with E-state index < -0.39 is 6.09 Å². The number of hydrogen-bond acceptors (Lipinski definition) is 5. The average molecular weight is 396 g/mol. The van der Waals surface area contributed by atoms with Gasteiger partial charge in [0.05, 0.1) is 29.9 Å². The highest BCUT2D eigenvalue weighted by Gasteiger charge is 2.36. The van der Waals surface area contributed by atoms with Gasteiger partial charge in [0.1, 0.15) is 0 Å². The first-order valence-electron chi connectivity index (χ1n) is 10.3. The maximum absolute atomic E-state index is 12.1. The molecule has 0 bridgehead atoms. The number of amides is 1. The minimum absolute atomic E-state index is 0.0248. The smallest absolute Gasteiger partial charge is 0.407 e. The molecule has 0 saturated carbocycles. The zero-order chi connectivity index (χ0) is 20.7. The summed E-state index contributed by atoms with van der Waals surface area (Å²) in [4.78, 5) is 12.1. The van der Waals surface area contributed by atoms with Gasteiger partial charge in [-0.3, -0.25) is 0 Å². The molecule has 1 aliphatic carbocycles. The van der Waals surface area contributed by atoms with Gasteiger partial charge >= 0.3 is 6.09 Å². The summed E-state index contributed by atoms with van der Waals surface area (Å²) in [7, 11) is 0. The maximum atomic E-state index is 12.1. The van der Waals surface area contributed by atoms with Gasteiger partial charge in [0, 0.05) is 35.1 Å². The Morgan fingerprint density at radius 3 is 2.83 bits per heavy atom. The van der Waals surface area contributed by atoms with Crippen molar-refractivity contribution in [2.45, 2.75) is 70.4 Å². The van der Waals surface area contributed by atoms with Crippen LogP contribution < -0.4 is 10.6 Å². The molecule has 2 aliphatic rings. The summed E-state index contributed by atoms with van der Waals surface area (Å²) in [5.74, 6) is 0. The highest BCUT2D eigenvalue weighted by Crippen LogP contribution is 2.37. The molecular weight excluding hydrogens is 368 g/mol. The Balaban J connectivity index is 1.71. The Hall–Kier alpha value is -2.56. The summed E-state index contributed by atoms with van der Waals surface area (Å²) < 4.78 is 7.53. The molecule has 7 nitrogen and oxygen atoms in total. The molecule has 2 unspecified atom stereocenters. The van der Waals surface area contributed by atoms with Crippen LogP contribution >= 0.6 is 0 Å². The van der Waals surface area contributed by atoms with Crippen LogP contribution in [-0.4, -0.2) is 46.6 Å². The molecule has 2 heterocycles. The van der Waals surface area contributed by atoms with Crippen molar-refractivity contribution in [2.24, 2.45) is 0 Å². The largest absolute Gasteiger partial charge is 0.447 e. The third-order valence-electron chi connectivity index (χ3n) is 6.07. The third kappa shape index (κ3) is 3.59. The van der Waals surface area contributed by atoms with Crippen molar-refractivity contribution in [3.8, 4) is 6.07 Å². The van der Waals surface area contributed by atoms with Gasteiger partial charge < -0.3 is 25.0 Å². The van der Waals surface area contributed by atoms with Crippen LogP contribution in [0.4, 0.5) is 4.79 Å². The van der Waals surface area contributed by atoms with Crippen molar-refractivity contribution in [1.82, 2.24) is 15.2 Å². The minimum Gasteiger partial charge on any atom is -0.447 e. The standard InChI is InChI=1S/C22H28N4O3/c1-12(2)29-22(28)25-15-9-17-16-8-14(11-23)4-5-18(16)26(19(17)10-15)13(3)21-20(27)6-7-24-21/h4-5,8,12-13,15,20-21,24,27H,6-7,9-10H2,1-3H3,(H,25,28)/t13?,15?,20-,21+/m0/s1. The Morgan fingerprint density at radius 1 is 1.38 bits per heavy atom. The molecule has 154 valence electrons. The van der Waals surface area contributed by atoms with Gasteiger partial charge in [-0.25, -0.2) is 4.79 Å². The number of fused-ring (bicyclic) bond motifs is 3. The average Bonchev–Trinajstić information content (AvgIpc) is 3.33. The number of aliphatic hydroxyl groups excluding tert-OH is 1. The number of ether oxygens (including phenoxy) is 1. The molecule has 1 amide bonds. The number of nitrogens with zero attached hydrogens (tertiary/aromatic N) is 2. The van der Waals surface area contributed by atoms with E-state index in [-0.39, 0.29) is 30.3 Å². The first-order chi connectivity index (χ1) is 13.9. The van der Waals surface area contributed by atoms with E-state index in [2.05, 4.69) is 28.2 Å². The molecule has 1 aromatic carbocycles. The van der Waals surface area contributed by atoms with Gasteiger partial charge in [0.15, 0.2) is 0 Å². The van der Waals surface area contributed by atoms with Gasteiger partial charge in [-0.1, -0.05) is 0 Å². The SMILES string of the molecule is CC(C)OC(=O)NC1Cc2c(n(C(C)[C@H]3NCC[C@@H]3O)c3ccc(C#N)cc23)C1. The molecule has 3 N–H and O–H groups in total. The number of hydrogen-bond donors (Lipinski definition) is 3. The van der Waals surface area contributed by atoms with Crippen molar-refractivity contribution >= 4 is 17.0 Å². The minimum atomic E-state index is -0.398. The lowest BCUT2D eigenvalue weighted by Gasteiger charge is -2.27. The maximum Gasteiger partial charge on any atom is 0.407 e. The van der Waals surface area contributed by atoms with E-state index in [1.807, 2.05) is 32.0 Å². The van der Waals surface area contributed by atoms with Gasteiger partial charge in [-0.2, -0.15) is 5.26 Å². The zero-order valence-corrected chi connectivity index (χ0v) is 17.1. The van der Waals surface area contributed by atoms with Crippen molar-refractivity contribution in [2.75, 3.05) is 6.54 Å². The lowest BCUT2D eigenvalue weighted by atomic mass is 10.0. The van der Waals surface area contributed by atoms with E-state index in [1.54, 1.807) is 0 Å². The number of carbonyl (C=O) groups is 1. The van der Waals surface area contributed by atoms with E-state index in [4.69, 9.17) is 4.74 Å². The second kappa shape index (κ2) is 7.69. The molecular formula is C22H28N4O3. The number of aromatic nitrogens is 1. The number of nitriles is 1. The quantitative estimate of drug-likeness (QED) is 0.737. The summed E-state index contributed by atoms with van der Waals surface area (Å²) in [6, 6.07) is 7.99. The Kier molecular flexibility index (Phi) is 5.24. The molecule has 29 heavy (non-hydrogen) atoms. The lowest BCUT2D eigenvalue weighted by molar-refractivity contribution is 0.112. The summed E-state index contributed by atoms with van der Waals surface area (Å²) >= 11 is 0. The van der Waals surface area contributed by atoms with E-state index in [0.717, 1.165) is 23.9 Å². The second-order valence-electron chi connectivity index (χ2n) is 8.42. The fraction of sp³-hybridized carbons (Fsp3) is 0.545. The number of rotatable bonds is 4. The summed E-state index contributed by atoms with van der Waals surface area (Å²) in [5.41, 5.74) is 4.04. The van der Waals surface area contributed by atoms with Crippen LogP contribution in [0.5, 0.6) is 0 Å². The highest BCUT2D eigenvalue weighted by molar-refractivity contribution is 5.88. The molecule has 0 radical (unpaired) electrons. The molecule has 1 fully saturated rings. The molecule has 4 rings (SSSR count). The van der Waals surface area contributed by atoms with Crippen LogP contribution in [0.2, 0.25) is 0 Å². The summed E-state index contributed by atoms with van der Waals surface area (Å²) in [6.45, 7) is 6.59. The van der Waals surface area contributed by atoms with Gasteiger partial charge in [-0.05, 0) is 63.9 Å². The molecule has 1 aliphatic heterocycles. The van der Waals surface area contributed by atoms with Crippen LogP contribution in [0.3, 0.4) is 0 Å². The van der Waals surface area contributed by atoms with Crippen LogP contribution in [0.1, 0.15) is 50.1 Å². The van der Waals surface area contributed by atoms with Crippen molar-refractivity contribution in [3.63, 3.8) is 0 Å². The third-order valence-corrected chi connectivity index (χ3v) is 6.07. The van der Waals surface area contributed by atoms with Crippen molar-refractivity contribution in [3.05, 3.63) is 35.0 Å². The van der Waals surface area contributed by atoms with E-state index in [1.165, 1.54) is 11.3 Å². The molecule has 4 atom stereocenters. The van der Waals surface area contributed by atoms with E-state index >= 15 is 0 Å². The Bertz CT molecular complexity index is 975. The molecule has 1 saturated heterocycles. The molecule has 7 heteroatoms. The highest BCUT2D eigenvalue weighted by atomic mass is 16.6. The van der Waals surface area contributed by atoms with Gasteiger partial charge in [0.2, 0.25) is 0 Å².